The Morgan fingerprint density at radius 3 is 2.50 bits per heavy atom. The largest absolute Gasteiger partial charge is 0.457 e. The molecule has 8 nitrogen and oxygen atoms in total. The molecule has 1 atom stereocenters. The van der Waals surface area contributed by atoms with Gasteiger partial charge in [-0.2, -0.15) is 0 Å². The van der Waals surface area contributed by atoms with Crippen LogP contribution in [0.25, 0.3) is 10.9 Å². The number of carbonyl (C=O) groups is 1. The lowest BCUT2D eigenvalue weighted by molar-refractivity contribution is 0.0981. The van der Waals surface area contributed by atoms with Gasteiger partial charge in [0, 0.05) is 28.7 Å². The summed E-state index contributed by atoms with van der Waals surface area (Å²) in [5, 5.41) is 14.9. The monoisotopic (exact) mass is 625 g/mol. The Morgan fingerprint density at radius 1 is 1.05 bits per heavy atom. The van der Waals surface area contributed by atoms with E-state index in [1.807, 2.05) is 41.1 Å². The van der Waals surface area contributed by atoms with Crippen LogP contribution >= 0.6 is 36.4 Å². The highest BCUT2D eigenvalue weighted by molar-refractivity contribution is 7.90. The number of fused-ring (bicyclic) bond motifs is 1. The van der Waals surface area contributed by atoms with E-state index in [2.05, 4.69) is 10.3 Å². The molecule has 0 aliphatic heterocycles. The zero-order chi connectivity index (χ0) is 27.1. The molecular formula is C28H30Cl3N3O5S. The summed E-state index contributed by atoms with van der Waals surface area (Å²) in [6.45, 7) is 2.58. The van der Waals surface area contributed by atoms with Crippen molar-refractivity contribution in [1.29, 1.82) is 0 Å². The summed E-state index contributed by atoms with van der Waals surface area (Å²) >= 11 is 5.99. The van der Waals surface area contributed by atoms with Crippen molar-refractivity contribution in [2.75, 3.05) is 18.8 Å². The van der Waals surface area contributed by atoms with Gasteiger partial charge in [0.25, 0.3) is 5.91 Å². The van der Waals surface area contributed by atoms with Gasteiger partial charge in [0.2, 0.25) is 10.0 Å². The molecule has 1 aromatic heterocycles. The van der Waals surface area contributed by atoms with E-state index >= 15 is 0 Å². The molecule has 3 N–H and O–H groups in total. The SMILES string of the molecule is CCS(=O)(=O)NC(=O)c1ccc2c(Oc3ccc(CCNC[C@H](O)c4cccc(Cl)c4)cc3)ccnc2c1.Cl.Cl. The molecule has 0 radical (unpaired) electrons. The quantitative estimate of drug-likeness (QED) is 0.189. The zero-order valence-corrected chi connectivity index (χ0v) is 24.7. The second-order valence-corrected chi connectivity index (χ2v) is 11.1. The molecule has 12 heteroatoms. The maximum atomic E-state index is 12.3. The smallest absolute Gasteiger partial charge is 0.264 e. The average molecular weight is 627 g/mol. The van der Waals surface area contributed by atoms with E-state index in [0.29, 0.717) is 40.5 Å². The van der Waals surface area contributed by atoms with Crippen LogP contribution in [0.15, 0.2) is 79.0 Å². The summed E-state index contributed by atoms with van der Waals surface area (Å²) in [6.07, 6.45) is 1.72. The molecule has 0 spiro atoms. The van der Waals surface area contributed by atoms with E-state index in [0.717, 1.165) is 17.5 Å². The summed E-state index contributed by atoms with van der Waals surface area (Å²) in [6, 6.07) is 21.4. The zero-order valence-electron chi connectivity index (χ0n) is 21.5. The van der Waals surface area contributed by atoms with Crippen molar-refractivity contribution >= 4 is 63.2 Å². The number of hydrogen-bond donors (Lipinski definition) is 3. The molecule has 1 amide bonds. The van der Waals surface area contributed by atoms with E-state index in [9.17, 15) is 18.3 Å². The van der Waals surface area contributed by atoms with Crippen molar-refractivity contribution in [2.45, 2.75) is 19.4 Å². The molecule has 214 valence electrons. The molecule has 0 aliphatic carbocycles. The Kier molecular flexibility index (Phi) is 12.6. The highest BCUT2D eigenvalue weighted by atomic mass is 35.5. The van der Waals surface area contributed by atoms with Crippen LogP contribution < -0.4 is 14.8 Å². The average Bonchev–Trinajstić information content (AvgIpc) is 2.91. The molecular weight excluding hydrogens is 597 g/mol. The first-order chi connectivity index (χ1) is 18.2. The number of aliphatic hydroxyl groups excluding tert-OH is 1. The van der Waals surface area contributed by atoms with Crippen LogP contribution in [-0.4, -0.2) is 43.3 Å². The van der Waals surface area contributed by atoms with Gasteiger partial charge >= 0.3 is 0 Å². The Bertz CT molecular complexity index is 1540. The summed E-state index contributed by atoms with van der Waals surface area (Å²) < 4.78 is 31.5. The van der Waals surface area contributed by atoms with E-state index in [4.69, 9.17) is 16.3 Å². The van der Waals surface area contributed by atoms with Gasteiger partial charge in [-0.05, 0) is 79.5 Å². The van der Waals surface area contributed by atoms with E-state index in [-0.39, 0.29) is 36.1 Å². The number of nitrogens with zero attached hydrogens (tertiary/aromatic N) is 1. The normalized spacial score (nSPS) is 11.7. The third kappa shape index (κ3) is 9.05. The maximum absolute atomic E-state index is 12.3. The fourth-order valence-corrected chi connectivity index (χ4v) is 4.52. The Hall–Kier alpha value is -2.92. The van der Waals surface area contributed by atoms with Crippen LogP contribution in [0.5, 0.6) is 11.5 Å². The maximum Gasteiger partial charge on any atom is 0.264 e. The number of halogens is 3. The van der Waals surface area contributed by atoms with Crippen LogP contribution in [0.2, 0.25) is 5.02 Å². The summed E-state index contributed by atoms with van der Waals surface area (Å²) in [5.41, 5.74) is 2.59. The predicted molar refractivity (Wildman–Crippen MR) is 163 cm³/mol. The number of pyridine rings is 1. The van der Waals surface area contributed by atoms with E-state index in [1.54, 1.807) is 30.5 Å². The third-order valence-electron chi connectivity index (χ3n) is 5.91. The highest BCUT2D eigenvalue weighted by Gasteiger charge is 2.15. The van der Waals surface area contributed by atoms with Crippen LogP contribution in [0.3, 0.4) is 0 Å². The fourth-order valence-electron chi connectivity index (χ4n) is 3.78. The molecule has 3 aromatic carbocycles. The Balaban J connectivity index is 0.00000280. The minimum atomic E-state index is -3.66. The van der Waals surface area contributed by atoms with Crippen LogP contribution in [0, 0.1) is 0 Å². The number of benzene rings is 3. The lowest BCUT2D eigenvalue weighted by atomic mass is 10.1. The number of carbonyl (C=O) groups excluding carboxylic acids is 1. The summed E-state index contributed by atoms with van der Waals surface area (Å²) in [7, 11) is -3.66. The molecule has 4 aromatic rings. The topological polar surface area (TPSA) is 118 Å². The molecule has 4 rings (SSSR count). The number of nitrogens with one attached hydrogen (secondary N) is 2. The van der Waals surface area contributed by atoms with Gasteiger partial charge in [-0.3, -0.25) is 9.78 Å². The number of amides is 1. The van der Waals surface area contributed by atoms with Gasteiger partial charge < -0.3 is 15.2 Å². The molecule has 0 saturated carbocycles. The van der Waals surface area contributed by atoms with Gasteiger partial charge in [-0.15, -0.1) is 24.8 Å². The minimum Gasteiger partial charge on any atom is -0.457 e. The lowest BCUT2D eigenvalue weighted by Crippen LogP contribution is -2.31. The molecule has 0 unspecified atom stereocenters. The van der Waals surface area contributed by atoms with E-state index < -0.39 is 22.0 Å². The van der Waals surface area contributed by atoms with Crippen LogP contribution in [0.1, 0.15) is 34.5 Å². The van der Waals surface area contributed by atoms with Crippen molar-refractivity contribution in [3.8, 4) is 11.5 Å². The summed E-state index contributed by atoms with van der Waals surface area (Å²) in [4.78, 5) is 16.6. The van der Waals surface area contributed by atoms with Crippen LogP contribution in [0.4, 0.5) is 0 Å². The second kappa shape index (κ2) is 15.2. The number of aromatic nitrogens is 1. The molecule has 0 aliphatic rings. The number of hydrogen-bond acceptors (Lipinski definition) is 7. The first kappa shape index (κ1) is 33.3. The molecule has 1 heterocycles. The second-order valence-electron chi connectivity index (χ2n) is 8.65. The van der Waals surface area contributed by atoms with Gasteiger partial charge in [0.1, 0.15) is 11.5 Å². The van der Waals surface area contributed by atoms with Gasteiger partial charge in [0.15, 0.2) is 0 Å². The van der Waals surface area contributed by atoms with Crippen molar-refractivity contribution in [3.05, 3.63) is 101 Å². The fraction of sp³-hybridized carbons (Fsp3) is 0.214. The number of ether oxygens (including phenoxy) is 1. The highest BCUT2D eigenvalue weighted by Crippen LogP contribution is 2.29. The lowest BCUT2D eigenvalue weighted by Gasteiger charge is -2.13. The van der Waals surface area contributed by atoms with E-state index in [1.165, 1.54) is 19.1 Å². The first-order valence-electron chi connectivity index (χ1n) is 12.1. The first-order valence-corrected chi connectivity index (χ1v) is 14.1. The van der Waals surface area contributed by atoms with Crippen molar-refractivity contribution in [3.63, 3.8) is 0 Å². The van der Waals surface area contributed by atoms with Crippen molar-refractivity contribution in [1.82, 2.24) is 15.0 Å². The number of aliphatic hydroxyl groups is 1. The van der Waals surface area contributed by atoms with Crippen LogP contribution in [-0.2, 0) is 16.4 Å². The third-order valence-corrected chi connectivity index (χ3v) is 7.40. The van der Waals surface area contributed by atoms with Gasteiger partial charge in [-0.1, -0.05) is 35.9 Å². The predicted octanol–water partition coefficient (Wildman–Crippen LogP) is 5.47. The Morgan fingerprint density at radius 2 is 1.80 bits per heavy atom. The minimum absolute atomic E-state index is 0. The summed E-state index contributed by atoms with van der Waals surface area (Å²) in [5.74, 6) is 0.310. The van der Waals surface area contributed by atoms with Gasteiger partial charge in [0.05, 0.1) is 17.4 Å². The standard InChI is InChI=1S/C28H28ClN3O5S.2ClH/c1-2-38(35,36)32-28(34)21-8-11-24-25(17-21)31-15-13-27(24)37-23-9-6-19(7-10-23)12-14-30-18-26(33)20-4-3-5-22(29)16-20;;/h3-11,13,15-17,26,30,33H,2,12,14,18H2,1H3,(H,32,34);2*1H/t26-;;/m0../s1. The molecule has 0 bridgehead atoms. The number of sulfonamides is 1. The van der Waals surface area contributed by atoms with Gasteiger partial charge in [-0.25, -0.2) is 13.1 Å². The van der Waals surface area contributed by atoms with Crippen molar-refractivity contribution in [2.24, 2.45) is 0 Å². The molecule has 0 saturated heterocycles. The Labute approximate surface area is 251 Å². The molecule has 40 heavy (non-hydrogen) atoms. The number of rotatable bonds is 11. The van der Waals surface area contributed by atoms with Crippen molar-refractivity contribution < 1.29 is 23.1 Å². The molecule has 0 fully saturated rings.